The molecule has 0 heterocycles. The number of carbonyl (C=O) groups excluding carboxylic acids is 1. The predicted molar refractivity (Wildman–Crippen MR) is 59.5 cm³/mol. The third kappa shape index (κ3) is 3.36. The van der Waals surface area contributed by atoms with Gasteiger partial charge in [-0.25, -0.2) is 0 Å². The van der Waals surface area contributed by atoms with Crippen LogP contribution >= 0.6 is 0 Å². The number of benzene rings is 1. The molecular formula is C12H17NO2. The zero-order valence-electron chi connectivity index (χ0n) is 9.36. The summed E-state index contributed by atoms with van der Waals surface area (Å²) in [6.07, 6.45) is -0.228. The normalized spacial score (nSPS) is 14.3. The molecule has 0 fully saturated rings. The maximum atomic E-state index is 11.0. The quantitative estimate of drug-likeness (QED) is 0.766. The van der Waals surface area contributed by atoms with Crippen molar-refractivity contribution < 1.29 is 9.53 Å². The van der Waals surface area contributed by atoms with E-state index < -0.39 is 0 Å². The average molecular weight is 207 g/mol. The van der Waals surface area contributed by atoms with E-state index in [1.54, 1.807) is 0 Å². The second kappa shape index (κ2) is 5.51. The molecule has 3 nitrogen and oxygen atoms in total. The van der Waals surface area contributed by atoms with Crippen molar-refractivity contribution >= 4 is 5.97 Å². The van der Waals surface area contributed by atoms with E-state index in [0.717, 1.165) is 5.56 Å². The zero-order chi connectivity index (χ0) is 11.3. The summed E-state index contributed by atoms with van der Waals surface area (Å²) in [4.78, 5) is 11.0. The Hall–Kier alpha value is -1.35. The number of esters is 1. The predicted octanol–water partition coefficient (Wildman–Crippen LogP) is 1.90. The van der Waals surface area contributed by atoms with Gasteiger partial charge in [-0.15, -0.1) is 0 Å². The second-order valence-electron chi connectivity index (χ2n) is 3.52. The lowest BCUT2D eigenvalue weighted by molar-refractivity contribution is -0.148. The van der Waals surface area contributed by atoms with Gasteiger partial charge in [0.2, 0.25) is 0 Å². The minimum atomic E-state index is -0.258. The molecule has 0 saturated carbocycles. The van der Waals surface area contributed by atoms with Crippen LogP contribution in [-0.2, 0) is 9.53 Å². The molecular weight excluding hydrogens is 190 g/mol. The molecule has 0 unspecified atom stereocenters. The molecule has 1 aromatic carbocycles. The van der Waals surface area contributed by atoms with E-state index in [4.69, 9.17) is 4.74 Å². The number of hydrogen-bond acceptors (Lipinski definition) is 3. The van der Waals surface area contributed by atoms with Gasteiger partial charge < -0.3 is 10.1 Å². The Balaban J connectivity index is 2.86. The van der Waals surface area contributed by atoms with Crippen LogP contribution in [0.3, 0.4) is 0 Å². The van der Waals surface area contributed by atoms with Gasteiger partial charge in [-0.2, -0.15) is 0 Å². The summed E-state index contributed by atoms with van der Waals surface area (Å²) >= 11 is 0. The average Bonchev–Trinajstić information content (AvgIpc) is 2.26. The summed E-state index contributed by atoms with van der Waals surface area (Å²) in [5, 5.41) is 3.09. The fourth-order valence-electron chi connectivity index (χ4n) is 1.43. The molecule has 15 heavy (non-hydrogen) atoms. The molecule has 0 saturated heterocycles. The van der Waals surface area contributed by atoms with Crippen LogP contribution in [0.25, 0.3) is 0 Å². The molecule has 2 atom stereocenters. The summed E-state index contributed by atoms with van der Waals surface area (Å²) in [6, 6.07) is 9.83. The molecule has 0 aromatic heterocycles. The molecule has 0 radical (unpaired) electrons. The van der Waals surface area contributed by atoms with E-state index in [0.29, 0.717) is 0 Å². The van der Waals surface area contributed by atoms with Gasteiger partial charge in [-0.3, -0.25) is 4.79 Å². The van der Waals surface area contributed by atoms with Crippen LogP contribution in [0.5, 0.6) is 0 Å². The fourth-order valence-corrected chi connectivity index (χ4v) is 1.43. The Labute approximate surface area is 90.4 Å². The van der Waals surface area contributed by atoms with Crippen molar-refractivity contribution in [1.29, 1.82) is 0 Å². The highest BCUT2D eigenvalue weighted by atomic mass is 16.5. The summed E-state index contributed by atoms with van der Waals surface area (Å²) in [6.45, 7) is 3.42. The maximum absolute atomic E-state index is 11.0. The zero-order valence-corrected chi connectivity index (χ0v) is 9.36. The van der Waals surface area contributed by atoms with Gasteiger partial charge in [-0.1, -0.05) is 30.3 Å². The Morgan fingerprint density at radius 2 is 1.93 bits per heavy atom. The molecule has 0 aliphatic carbocycles. The Bertz CT molecular complexity index is 311. The van der Waals surface area contributed by atoms with E-state index in [-0.39, 0.29) is 18.1 Å². The van der Waals surface area contributed by atoms with Crippen molar-refractivity contribution in [3.63, 3.8) is 0 Å². The minimum absolute atomic E-state index is 0.0938. The Morgan fingerprint density at radius 3 is 2.40 bits per heavy atom. The van der Waals surface area contributed by atoms with Gasteiger partial charge in [-0.05, 0) is 19.5 Å². The third-order valence-corrected chi connectivity index (χ3v) is 2.33. The van der Waals surface area contributed by atoms with Crippen molar-refractivity contribution in [1.82, 2.24) is 5.32 Å². The van der Waals surface area contributed by atoms with Crippen LogP contribution in [-0.4, -0.2) is 19.1 Å². The smallest absolute Gasteiger partial charge is 0.303 e. The lowest BCUT2D eigenvalue weighted by Gasteiger charge is -2.23. The molecule has 0 aliphatic rings. The van der Waals surface area contributed by atoms with Crippen molar-refractivity contribution in [2.45, 2.75) is 26.0 Å². The van der Waals surface area contributed by atoms with Crippen LogP contribution in [0.2, 0.25) is 0 Å². The summed E-state index contributed by atoms with van der Waals surface area (Å²) < 4.78 is 5.29. The monoisotopic (exact) mass is 207 g/mol. The molecule has 1 rings (SSSR count). The standard InChI is InChI=1S/C12H17NO2/c1-9(13-3)12(15-10(2)14)11-7-5-4-6-8-11/h4-9,12-13H,1-3H3/t9-,12+/m0/s1. The highest BCUT2D eigenvalue weighted by molar-refractivity contribution is 5.66. The lowest BCUT2D eigenvalue weighted by atomic mass is 10.0. The SMILES string of the molecule is CN[C@@H](C)[C@@H](OC(C)=O)c1ccccc1. The van der Waals surface area contributed by atoms with Crippen molar-refractivity contribution in [2.24, 2.45) is 0 Å². The first-order valence-corrected chi connectivity index (χ1v) is 5.04. The molecule has 1 aromatic rings. The fraction of sp³-hybridized carbons (Fsp3) is 0.417. The number of rotatable bonds is 4. The van der Waals surface area contributed by atoms with E-state index in [9.17, 15) is 4.79 Å². The molecule has 0 amide bonds. The number of ether oxygens (including phenoxy) is 1. The van der Waals surface area contributed by atoms with Gasteiger partial charge in [0.25, 0.3) is 0 Å². The number of likely N-dealkylation sites (N-methyl/N-ethyl adjacent to an activating group) is 1. The summed E-state index contributed by atoms with van der Waals surface area (Å²) in [5.74, 6) is -0.258. The van der Waals surface area contributed by atoms with Gasteiger partial charge in [0.05, 0.1) is 0 Å². The highest BCUT2D eigenvalue weighted by Gasteiger charge is 2.20. The first-order valence-electron chi connectivity index (χ1n) is 5.04. The van der Waals surface area contributed by atoms with Gasteiger partial charge in [0, 0.05) is 13.0 Å². The highest BCUT2D eigenvalue weighted by Crippen LogP contribution is 2.20. The van der Waals surface area contributed by atoms with E-state index in [2.05, 4.69) is 5.32 Å². The maximum Gasteiger partial charge on any atom is 0.303 e. The molecule has 0 spiro atoms. The van der Waals surface area contributed by atoms with Crippen LogP contribution in [0.15, 0.2) is 30.3 Å². The van der Waals surface area contributed by atoms with E-state index in [1.165, 1.54) is 6.92 Å². The second-order valence-corrected chi connectivity index (χ2v) is 3.52. The minimum Gasteiger partial charge on any atom is -0.456 e. The van der Waals surface area contributed by atoms with Crippen LogP contribution < -0.4 is 5.32 Å². The summed E-state index contributed by atoms with van der Waals surface area (Å²) in [5.41, 5.74) is 1.01. The number of nitrogens with one attached hydrogen (secondary N) is 1. The van der Waals surface area contributed by atoms with Gasteiger partial charge in [0.1, 0.15) is 6.10 Å². The number of hydrogen-bond donors (Lipinski definition) is 1. The van der Waals surface area contributed by atoms with Crippen molar-refractivity contribution in [3.05, 3.63) is 35.9 Å². The molecule has 82 valence electrons. The van der Waals surface area contributed by atoms with Crippen LogP contribution in [0, 0.1) is 0 Å². The first-order chi connectivity index (χ1) is 7.15. The van der Waals surface area contributed by atoms with Crippen LogP contribution in [0.1, 0.15) is 25.5 Å². The van der Waals surface area contributed by atoms with Gasteiger partial charge in [0.15, 0.2) is 0 Å². The number of carbonyl (C=O) groups is 1. The largest absolute Gasteiger partial charge is 0.456 e. The van der Waals surface area contributed by atoms with Crippen molar-refractivity contribution in [2.75, 3.05) is 7.05 Å². The first kappa shape index (κ1) is 11.7. The molecule has 0 bridgehead atoms. The Morgan fingerprint density at radius 1 is 1.33 bits per heavy atom. The third-order valence-electron chi connectivity index (χ3n) is 2.33. The van der Waals surface area contributed by atoms with Crippen LogP contribution in [0.4, 0.5) is 0 Å². The topological polar surface area (TPSA) is 38.3 Å². The van der Waals surface area contributed by atoms with E-state index in [1.807, 2.05) is 44.3 Å². The molecule has 3 heteroatoms. The van der Waals surface area contributed by atoms with E-state index >= 15 is 0 Å². The van der Waals surface area contributed by atoms with Crippen molar-refractivity contribution in [3.8, 4) is 0 Å². The Kier molecular flexibility index (Phi) is 4.31. The van der Waals surface area contributed by atoms with Gasteiger partial charge >= 0.3 is 5.97 Å². The molecule has 1 N–H and O–H groups in total. The lowest BCUT2D eigenvalue weighted by Crippen LogP contribution is -2.31. The molecule has 0 aliphatic heterocycles. The summed E-state index contributed by atoms with van der Waals surface area (Å²) in [7, 11) is 1.85.